The third kappa shape index (κ3) is 4.65. The molecule has 5 atom stereocenters. The lowest BCUT2D eigenvalue weighted by Crippen LogP contribution is -2.58. The van der Waals surface area contributed by atoms with Gasteiger partial charge in [-0.05, 0) is 12.8 Å². The molecule has 0 aromatic rings. The Bertz CT molecular complexity index is 355. The fourth-order valence-electron chi connectivity index (χ4n) is 1.75. The molecule has 0 aliphatic carbocycles. The SMILES string of the molecule is N/N=C(\C=NC[C@H]1OC(O)[C@H](O)[C@@H](O)[C@@H]1O)CCCCl. The molecule has 1 aliphatic heterocycles. The summed E-state index contributed by atoms with van der Waals surface area (Å²) in [6.07, 6.45) is -4.16. The third-order valence-corrected chi connectivity index (χ3v) is 3.21. The third-order valence-electron chi connectivity index (χ3n) is 2.95. The Kier molecular flexibility index (Phi) is 7.35. The molecule has 1 rings (SSSR count). The number of hydrogen-bond donors (Lipinski definition) is 5. The molecule has 1 aliphatic rings. The molecule has 1 heterocycles. The topological polar surface area (TPSA) is 141 Å². The van der Waals surface area contributed by atoms with Crippen molar-refractivity contribution >= 4 is 23.5 Å². The molecule has 0 amide bonds. The lowest BCUT2D eigenvalue weighted by atomic mass is 9.99. The number of aliphatic hydroxyl groups is 4. The Labute approximate surface area is 121 Å². The minimum absolute atomic E-state index is 0.0120. The molecule has 0 aromatic carbocycles. The van der Waals surface area contributed by atoms with E-state index in [2.05, 4.69) is 10.1 Å². The molecule has 0 saturated carbocycles. The molecule has 1 saturated heterocycles. The van der Waals surface area contributed by atoms with Crippen molar-refractivity contribution in [2.75, 3.05) is 12.4 Å². The van der Waals surface area contributed by atoms with Crippen molar-refractivity contribution in [2.24, 2.45) is 15.9 Å². The van der Waals surface area contributed by atoms with Gasteiger partial charge in [-0.15, -0.1) is 11.6 Å². The van der Waals surface area contributed by atoms with Crippen LogP contribution in [0.3, 0.4) is 0 Å². The zero-order chi connectivity index (χ0) is 15.1. The molecule has 6 N–H and O–H groups in total. The Morgan fingerprint density at radius 1 is 1.20 bits per heavy atom. The highest BCUT2D eigenvalue weighted by Gasteiger charge is 2.42. The second-order valence-electron chi connectivity index (χ2n) is 4.44. The molecule has 1 fully saturated rings. The molecule has 9 heteroatoms. The van der Waals surface area contributed by atoms with Crippen LogP contribution in [-0.4, -0.2) is 75.5 Å². The highest BCUT2D eigenvalue weighted by molar-refractivity contribution is 6.30. The van der Waals surface area contributed by atoms with Crippen molar-refractivity contribution in [1.82, 2.24) is 0 Å². The van der Waals surface area contributed by atoms with Crippen molar-refractivity contribution in [1.29, 1.82) is 0 Å². The van der Waals surface area contributed by atoms with Crippen molar-refractivity contribution in [2.45, 2.75) is 43.5 Å². The number of hydrogen-bond acceptors (Lipinski definition) is 8. The average Bonchev–Trinajstić information content (AvgIpc) is 2.45. The van der Waals surface area contributed by atoms with Crippen LogP contribution in [0.15, 0.2) is 10.1 Å². The average molecular weight is 310 g/mol. The van der Waals surface area contributed by atoms with Crippen LogP contribution in [0.4, 0.5) is 0 Å². The maximum Gasteiger partial charge on any atom is 0.184 e. The standard InChI is InChI=1S/C11H20ClN3O5/c12-3-1-2-6(15-13)4-14-5-7-8(16)9(17)10(18)11(19)20-7/h4,7-11,16-19H,1-3,5,13H2/b14-4?,15-6-/t7-,8-,9+,10-,11?/m1/s1. The van der Waals surface area contributed by atoms with E-state index >= 15 is 0 Å². The van der Waals surface area contributed by atoms with Gasteiger partial charge in [-0.3, -0.25) is 4.99 Å². The van der Waals surface area contributed by atoms with Crippen LogP contribution in [0, 0.1) is 0 Å². The highest BCUT2D eigenvalue weighted by atomic mass is 35.5. The van der Waals surface area contributed by atoms with E-state index in [4.69, 9.17) is 22.2 Å². The predicted octanol–water partition coefficient (Wildman–Crippen LogP) is -1.81. The molecular weight excluding hydrogens is 290 g/mol. The summed E-state index contributed by atoms with van der Waals surface area (Å²) < 4.78 is 4.97. The van der Waals surface area contributed by atoms with Crippen LogP contribution in [0.2, 0.25) is 0 Å². The summed E-state index contributed by atoms with van der Waals surface area (Å²) in [5, 5.41) is 41.4. The van der Waals surface area contributed by atoms with E-state index in [0.717, 1.165) is 0 Å². The maximum absolute atomic E-state index is 9.70. The Hall–Kier alpha value is -0.770. The molecule has 0 radical (unpaired) electrons. The van der Waals surface area contributed by atoms with Crippen molar-refractivity contribution in [3.63, 3.8) is 0 Å². The molecule has 20 heavy (non-hydrogen) atoms. The van der Waals surface area contributed by atoms with Crippen molar-refractivity contribution in [3.05, 3.63) is 0 Å². The number of rotatable bonds is 6. The van der Waals surface area contributed by atoms with Crippen LogP contribution in [0.1, 0.15) is 12.8 Å². The maximum atomic E-state index is 9.70. The first-order valence-corrected chi connectivity index (χ1v) is 6.75. The number of halogens is 1. The molecule has 0 aromatic heterocycles. The normalized spacial score (nSPS) is 35.6. The van der Waals surface area contributed by atoms with Gasteiger partial charge in [0.05, 0.1) is 12.3 Å². The van der Waals surface area contributed by atoms with Gasteiger partial charge in [-0.2, -0.15) is 5.10 Å². The van der Waals surface area contributed by atoms with Gasteiger partial charge in [0.25, 0.3) is 0 Å². The molecular formula is C11H20ClN3O5. The molecule has 0 spiro atoms. The summed E-state index contributed by atoms with van der Waals surface area (Å²) in [6, 6.07) is 0. The van der Waals surface area contributed by atoms with E-state index in [9.17, 15) is 20.4 Å². The molecule has 0 bridgehead atoms. The van der Waals surface area contributed by atoms with Crippen LogP contribution in [0.25, 0.3) is 0 Å². The first-order valence-electron chi connectivity index (χ1n) is 6.21. The monoisotopic (exact) mass is 309 g/mol. The van der Waals surface area contributed by atoms with Crippen LogP contribution in [0.5, 0.6) is 0 Å². The van der Waals surface area contributed by atoms with Gasteiger partial charge in [-0.1, -0.05) is 0 Å². The number of nitrogens with zero attached hydrogens (tertiary/aromatic N) is 2. The number of nitrogens with two attached hydrogens (primary N) is 1. The predicted molar refractivity (Wildman–Crippen MR) is 73.8 cm³/mol. The molecule has 1 unspecified atom stereocenters. The van der Waals surface area contributed by atoms with Crippen molar-refractivity contribution < 1.29 is 25.2 Å². The highest BCUT2D eigenvalue weighted by Crippen LogP contribution is 2.19. The van der Waals surface area contributed by atoms with E-state index in [0.29, 0.717) is 24.4 Å². The lowest BCUT2D eigenvalue weighted by molar-refractivity contribution is -0.279. The van der Waals surface area contributed by atoms with E-state index < -0.39 is 30.7 Å². The summed E-state index contributed by atoms with van der Waals surface area (Å²) in [6.45, 7) is -0.0120. The number of ether oxygens (including phenoxy) is 1. The van der Waals surface area contributed by atoms with E-state index in [1.807, 2.05) is 0 Å². The Morgan fingerprint density at radius 2 is 1.90 bits per heavy atom. The van der Waals surface area contributed by atoms with E-state index in [-0.39, 0.29) is 6.54 Å². The van der Waals surface area contributed by atoms with Gasteiger partial charge in [0.2, 0.25) is 0 Å². The van der Waals surface area contributed by atoms with Crippen molar-refractivity contribution in [3.8, 4) is 0 Å². The lowest BCUT2D eigenvalue weighted by Gasteiger charge is -2.37. The number of aliphatic hydroxyl groups excluding tert-OH is 4. The smallest absolute Gasteiger partial charge is 0.184 e. The zero-order valence-corrected chi connectivity index (χ0v) is 11.6. The first kappa shape index (κ1) is 17.3. The molecule has 8 nitrogen and oxygen atoms in total. The Morgan fingerprint density at radius 3 is 2.50 bits per heavy atom. The Balaban J connectivity index is 2.51. The fraction of sp³-hybridized carbons (Fsp3) is 0.818. The first-order chi connectivity index (χ1) is 9.51. The summed E-state index contributed by atoms with van der Waals surface area (Å²) in [5.41, 5.74) is 0.539. The van der Waals surface area contributed by atoms with E-state index in [1.54, 1.807) is 0 Å². The van der Waals surface area contributed by atoms with Crippen LogP contribution >= 0.6 is 11.6 Å². The second kappa shape index (κ2) is 8.50. The number of aliphatic imine (C=N–C) groups is 1. The number of hydrazone groups is 1. The summed E-state index contributed by atoms with van der Waals surface area (Å²) >= 11 is 5.55. The van der Waals surface area contributed by atoms with Gasteiger partial charge < -0.3 is 31.0 Å². The van der Waals surface area contributed by atoms with Gasteiger partial charge in [0.1, 0.15) is 24.4 Å². The number of alkyl halides is 1. The zero-order valence-electron chi connectivity index (χ0n) is 10.8. The summed E-state index contributed by atoms with van der Waals surface area (Å²) in [5.74, 6) is 5.66. The van der Waals surface area contributed by atoms with E-state index in [1.165, 1.54) is 6.21 Å². The largest absolute Gasteiger partial charge is 0.388 e. The fourth-order valence-corrected chi connectivity index (χ4v) is 1.89. The summed E-state index contributed by atoms with van der Waals surface area (Å²) in [4.78, 5) is 4.00. The second-order valence-corrected chi connectivity index (χ2v) is 4.82. The molecule has 116 valence electrons. The quantitative estimate of drug-likeness (QED) is 0.169. The summed E-state index contributed by atoms with van der Waals surface area (Å²) in [7, 11) is 0. The van der Waals surface area contributed by atoms with Gasteiger partial charge >= 0.3 is 0 Å². The van der Waals surface area contributed by atoms with Crippen LogP contribution < -0.4 is 5.84 Å². The minimum Gasteiger partial charge on any atom is -0.388 e. The van der Waals surface area contributed by atoms with Gasteiger partial charge in [0.15, 0.2) is 6.29 Å². The van der Waals surface area contributed by atoms with Gasteiger partial charge in [0, 0.05) is 12.1 Å². The minimum atomic E-state index is -1.56. The van der Waals surface area contributed by atoms with Crippen LogP contribution in [-0.2, 0) is 4.74 Å². The van der Waals surface area contributed by atoms with Gasteiger partial charge in [-0.25, -0.2) is 0 Å².